The highest BCUT2D eigenvalue weighted by atomic mass is 16.4. The molecule has 1 rings (SSSR count). The predicted molar refractivity (Wildman–Crippen MR) is 142 cm³/mol. The standard InChI is InChI=1S/C20H28O.C8H16N2O4/c1-16(8-6-9-17(2)13-15-21)11-12-19-18(3)10-7-14-20(19,4)5;1-10(8(13)14)6(7(11)12)4-2-3-5-9/h6,8-9,11-13,15H,7,10,14H2,1-5H3;6H,2-5,9H2,1H3,(H,11,12)(H,13,14)/b9-6+,12-11+,16-8+,17-13+;. The van der Waals surface area contributed by atoms with Gasteiger partial charge in [-0.1, -0.05) is 55.4 Å². The largest absolute Gasteiger partial charge is 0.480 e. The second-order valence-electron chi connectivity index (χ2n) is 9.61. The lowest BCUT2D eigenvalue weighted by Gasteiger charge is -2.32. The van der Waals surface area contributed by atoms with Gasteiger partial charge in [-0.05, 0) is 88.5 Å². The number of carbonyl (C=O) groups excluding carboxylic acids is 1. The van der Waals surface area contributed by atoms with Crippen LogP contribution in [0.25, 0.3) is 0 Å². The molecule has 0 saturated heterocycles. The van der Waals surface area contributed by atoms with Gasteiger partial charge in [-0.25, -0.2) is 9.59 Å². The summed E-state index contributed by atoms with van der Waals surface area (Å²) in [5.41, 5.74) is 10.7. The van der Waals surface area contributed by atoms with Crippen molar-refractivity contribution in [3.63, 3.8) is 0 Å². The quantitative estimate of drug-likeness (QED) is 0.144. The van der Waals surface area contributed by atoms with E-state index in [2.05, 4.69) is 45.9 Å². The molecule has 4 N–H and O–H groups in total. The SMILES string of the molecule is CC1=C(/C=C/C(C)=C/C=C/C(C)=C/C=O)C(C)(C)CCC1.CN(C(=O)O)C(CCCCN)C(=O)O. The summed E-state index contributed by atoms with van der Waals surface area (Å²) in [5.74, 6) is -1.12. The highest BCUT2D eigenvalue weighted by molar-refractivity contribution is 5.79. The summed E-state index contributed by atoms with van der Waals surface area (Å²) in [4.78, 5) is 32.4. The van der Waals surface area contributed by atoms with Gasteiger partial charge >= 0.3 is 12.1 Å². The van der Waals surface area contributed by atoms with Crippen molar-refractivity contribution in [2.75, 3.05) is 13.6 Å². The van der Waals surface area contributed by atoms with Crippen molar-refractivity contribution in [2.24, 2.45) is 11.1 Å². The molecule has 0 aromatic rings. The van der Waals surface area contributed by atoms with Crippen LogP contribution in [0, 0.1) is 5.41 Å². The lowest BCUT2D eigenvalue weighted by atomic mass is 9.72. The number of carboxylic acids is 1. The summed E-state index contributed by atoms with van der Waals surface area (Å²) in [6.45, 7) is 11.4. The average molecular weight is 489 g/mol. The molecule has 35 heavy (non-hydrogen) atoms. The van der Waals surface area contributed by atoms with Crippen molar-refractivity contribution in [1.29, 1.82) is 0 Å². The number of amides is 1. The van der Waals surface area contributed by atoms with Crippen molar-refractivity contribution < 1.29 is 24.6 Å². The molecule has 7 heteroatoms. The zero-order valence-electron chi connectivity index (χ0n) is 22.2. The van der Waals surface area contributed by atoms with E-state index < -0.39 is 18.1 Å². The Bertz CT molecular complexity index is 863. The van der Waals surface area contributed by atoms with E-state index in [1.54, 1.807) is 6.08 Å². The number of likely N-dealkylation sites (N-methyl/N-ethyl adjacent to an activating group) is 1. The van der Waals surface area contributed by atoms with Gasteiger partial charge in [-0.3, -0.25) is 9.69 Å². The van der Waals surface area contributed by atoms with Crippen LogP contribution in [0.4, 0.5) is 4.79 Å². The number of hydrogen-bond acceptors (Lipinski definition) is 4. The normalized spacial score (nSPS) is 17.2. The maximum atomic E-state index is 10.7. The van der Waals surface area contributed by atoms with E-state index in [4.69, 9.17) is 15.9 Å². The molecule has 0 aromatic heterocycles. The molecule has 1 amide bonds. The zero-order chi connectivity index (χ0) is 27.0. The first-order valence-electron chi connectivity index (χ1n) is 12.1. The number of nitrogens with zero attached hydrogens (tertiary/aromatic N) is 1. The van der Waals surface area contributed by atoms with Crippen LogP contribution in [0.2, 0.25) is 0 Å². The number of nitrogens with two attached hydrogens (primary N) is 1. The van der Waals surface area contributed by atoms with E-state index in [1.165, 1.54) is 43.0 Å². The Balaban J connectivity index is 0.000000720. The van der Waals surface area contributed by atoms with Crippen molar-refractivity contribution in [2.45, 2.75) is 79.2 Å². The van der Waals surface area contributed by atoms with Crippen molar-refractivity contribution >= 4 is 18.3 Å². The third-order valence-corrected chi connectivity index (χ3v) is 6.09. The lowest BCUT2D eigenvalue weighted by Crippen LogP contribution is -2.41. The Morgan fingerprint density at radius 2 is 1.74 bits per heavy atom. The fraction of sp³-hybridized carbons (Fsp3) is 0.536. The maximum absolute atomic E-state index is 10.7. The Morgan fingerprint density at radius 3 is 2.26 bits per heavy atom. The minimum Gasteiger partial charge on any atom is -0.480 e. The Hall–Kier alpha value is -2.93. The number of allylic oxidation sites excluding steroid dienone is 10. The minimum absolute atomic E-state index is 0.290. The highest BCUT2D eigenvalue weighted by Crippen LogP contribution is 2.40. The van der Waals surface area contributed by atoms with Gasteiger partial charge in [-0.2, -0.15) is 0 Å². The molecule has 196 valence electrons. The van der Waals surface area contributed by atoms with E-state index in [-0.39, 0.29) is 5.41 Å². The second kappa shape index (κ2) is 16.7. The van der Waals surface area contributed by atoms with Gasteiger partial charge in [0.15, 0.2) is 0 Å². The molecule has 0 aliphatic heterocycles. The number of carboxylic acid groups (broad SMARTS) is 2. The fourth-order valence-electron chi connectivity index (χ4n) is 3.89. The Morgan fingerprint density at radius 1 is 1.11 bits per heavy atom. The van der Waals surface area contributed by atoms with Crippen LogP contribution in [0.5, 0.6) is 0 Å². The molecule has 1 atom stereocenters. The molecule has 0 fully saturated rings. The van der Waals surface area contributed by atoms with Crippen LogP contribution in [-0.4, -0.2) is 53.1 Å². The van der Waals surface area contributed by atoms with Gasteiger partial charge in [0.25, 0.3) is 0 Å². The molecule has 0 saturated carbocycles. The minimum atomic E-state index is -1.23. The maximum Gasteiger partial charge on any atom is 0.407 e. The fourth-order valence-corrected chi connectivity index (χ4v) is 3.89. The van der Waals surface area contributed by atoms with E-state index >= 15 is 0 Å². The van der Waals surface area contributed by atoms with Gasteiger partial charge in [-0.15, -0.1) is 0 Å². The summed E-state index contributed by atoms with van der Waals surface area (Å²) < 4.78 is 0. The molecular weight excluding hydrogens is 444 g/mol. The molecule has 0 heterocycles. The van der Waals surface area contributed by atoms with Crippen molar-refractivity contribution in [3.05, 3.63) is 58.7 Å². The smallest absolute Gasteiger partial charge is 0.407 e. The third-order valence-electron chi connectivity index (χ3n) is 6.09. The number of hydrogen-bond donors (Lipinski definition) is 3. The second-order valence-corrected chi connectivity index (χ2v) is 9.61. The highest BCUT2D eigenvalue weighted by Gasteiger charge is 2.26. The molecule has 0 spiro atoms. The van der Waals surface area contributed by atoms with E-state index in [0.717, 1.165) is 16.8 Å². The first-order chi connectivity index (χ1) is 16.4. The van der Waals surface area contributed by atoms with Crippen molar-refractivity contribution in [1.82, 2.24) is 4.90 Å². The van der Waals surface area contributed by atoms with E-state index in [1.807, 2.05) is 19.1 Å². The van der Waals surface area contributed by atoms with Gasteiger partial charge in [0.1, 0.15) is 12.3 Å². The van der Waals surface area contributed by atoms with Crippen molar-refractivity contribution in [3.8, 4) is 0 Å². The number of aliphatic carboxylic acids is 1. The molecule has 1 unspecified atom stereocenters. The number of carbonyl (C=O) groups is 3. The molecule has 0 bridgehead atoms. The Kier molecular flexibility index (Phi) is 15.3. The van der Waals surface area contributed by atoms with Crippen LogP contribution < -0.4 is 5.73 Å². The van der Waals surface area contributed by atoms with Gasteiger partial charge in [0.2, 0.25) is 0 Å². The lowest BCUT2D eigenvalue weighted by molar-refractivity contribution is -0.142. The number of unbranched alkanes of at least 4 members (excludes halogenated alkanes) is 1. The van der Waals surface area contributed by atoms with Crippen LogP contribution in [-0.2, 0) is 9.59 Å². The summed E-state index contributed by atoms with van der Waals surface area (Å²) in [6, 6.07) is -0.973. The zero-order valence-corrected chi connectivity index (χ0v) is 22.2. The van der Waals surface area contributed by atoms with Crippen LogP contribution in [0.3, 0.4) is 0 Å². The summed E-state index contributed by atoms with van der Waals surface area (Å²) in [5, 5.41) is 17.4. The van der Waals surface area contributed by atoms with Crippen LogP contribution >= 0.6 is 0 Å². The molecule has 1 aliphatic rings. The first-order valence-corrected chi connectivity index (χ1v) is 12.1. The molecule has 0 aromatic carbocycles. The first kappa shape index (κ1) is 32.1. The molecule has 0 radical (unpaired) electrons. The van der Waals surface area contributed by atoms with Gasteiger partial charge < -0.3 is 15.9 Å². The van der Waals surface area contributed by atoms with E-state index in [9.17, 15) is 14.4 Å². The molecule has 7 nitrogen and oxygen atoms in total. The average Bonchev–Trinajstić information content (AvgIpc) is 2.76. The molecular formula is C28H44N2O5. The van der Waals surface area contributed by atoms with E-state index in [0.29, 0.717) is 25.8 Å². The summed E-state index contributed by atoms with van der Waals surface area (Å²) in [7, 11) is 1.25. The van der Waals surface area contributed by atoms with Crippen LogP contribution in [0.15, 0.2) is 58.7 Å². The summed E-state index contributed by atoms with van der Waals surface area (Å²) in [6.07, 6.45) is 17.0. The predicted octanol–water partition coefficient (Wildman–Crippen LogP) is 5.90. The summed E-state index contributed by atoms with van der Waals surface area (Å²) >= 11 is 0. The topological polar surface area (TPSA) is 121 Å². The monoisotopic (exact) mass is 488 g/mol. The third kappa shape index (κ3) is 12.9. The van der Waals surface area contributed by atoms with Gasteiger partial charge in [0, 0.05) is 7.05 Å². The van der Waals surface area contributed by atoms with Crippen LogP contribution in [0.1, 0.15) is 73.1 Å². The van der Waals surface area contributed by atoms with Gasteiger partial charge in [0.05, 0.1) is 0 Å². The number of aldehydes is 1. The Labute approximate surface area is 210 Å². The number of rotatable bonds is 11. The molecule has 1 aliphatic carbocycles.